The molecule has 0 aliphatic carbocycles. The fourth-order valence-electron chi connectivity index (χ4n) is 2.87. The normalized spacial score (nSPS) is 18.3. The summed E-state index contributed by atoms with van der Waals surface area (Å²) in [7, 11) is 0. The number of hydrogen-bond acceptors (Lipinski definition) is 3. The standard InChI is InChI=1S/C16H25N3O3/c1-4-22-13-6-5-7-19(10-13)16(21)17-9-14-11(2)8-12(3)18-15(14)20/h8,13H,4-7,9-10H2,1-3H3,(H,17,21)(H,18,20). The molecule has 6 nitrogen and oxygen atoms in total. The van der Waals surface area contributed by atoms with Gasteiger partial charge in [-0.25, -0.2) is 4.79 Å². The summed E-state index contributed by atoms with van der Waals surface area (Å²) < 4.78 is 5.60. The highest BCUT2D eigenvalue weighted by Crippen LogP contribution is 2.13. The van der Waals surface area contributed by atoms with Crippen molar-refractivity contribution in [2.24, 2.45) is 0 Å². The number of carbonyl (C=O) groups is 1. The van der Waals surface area contributed by atoms with Gasteiger partial charge >= 0.3 is 6.03 Å². The molecule has 1 aliphatic rings. The molecular formula is C16H25N3O3. The lowest BCUT2D eigenvalue weighted by molar-refractivity contribution is 0.0164. The summed E-state index contributed by atoms with van der Waals surface area (Å²) in [6.45, 7) is 7.95. The molecule has 0 bridgehead atoms. The van der Waals surface area contributed by atoms with Crippen LogP contribution in [0.25, 0.3) is 0 Å². The topological polar surface area (TPSA) is 74.4 Å². The molecule has 122 valence electrons. The summed E-state index contributed by atoms with van der Waals surface area (Å²) >= 11 is 0. The first-order valence-corrected chi connectivity index (χ1v) is 7.85. The van der Waals surface area contributed by atoms with Crippen LogP contribution in [-0.4, -0.2) is 41.7 Å². The molecular weight excluding hydrogens is 282 g/mol. The van der Waals surface area contributed by atoms with Crippen LogP contribution in [0.15, 0.2) is 10.9 Å². The summed E-state index contributed by atoms with van der Waals surface area (Å²) in [5, 5.41) is 2.84. The monoisotopic (exact) mass is 307 g/mol. The van der Waals surface area contributed by atoms with Crippen LogP contribution < -0.4 is 10.9 Å². The number of rotatable bonds is 4. The van der Waals surface area contributed by atoms with Crippen LogP contribution >= 0.6 is 0 Å². The molecule has 22 heavy (non-hydrogen) atoms. The highest BCUT2D eigenvalue weighted by Gasteiger charge is 2.23. The number of ether oxygens (including phenoxy) is 1. The molecule has 1 aliphatic heterocycles. The summed E-state index contributed by atoms with van der Waals surface area (Å²) in [5.41, 5.74) is 2.20. The Morgan fingerprint density at radius 1 is 1.50 bits per heavy atom. The Labute approximate surface area is 130 Å². The van der Waals surface area contributed by atoms with Crippen molar-refractivity contribution in [2.45, 2.75) is 46.3 Å². The van der Waals surface area contributed by atoms with E-state index >= 15 is 0 Å². The number of piperidine rings is 1. The summed E-state index contributed by atoms with van der Waals surface area (Å²) in [6.07, 6.45) is 2.06. The van der Waals surface area contributed by atoms with Crippen molar-refractivity contribution in [1.29, 1.82) is 0 Å². The summed E-state index contributed by atoms with van der Waals surface area (Å²) in [4.78, 5) is 28.7. The molecule has 1 aromatic heterocycles. The van der Waals surface area contributed by atoms with Crippen molar-refractivity contribution in [3.8, 4) is 0 Å². The Bertz CT molecular complexity index is 580. The molecule has 0 aromatic carbocycles. The maximum Gasteiger partial charge on any atom is 0.317 e. The summed E-state index contributed by atoms with van der Waals surface area (Å²) in [6, 6.07) is 1.78. The van der Waals surface area contributed by atoms with E-state index in [9.17, 15) is 9.59 Å². The van der Waals surface area contributed by atoms with Gasteiger partial charge in [-0.15, -0.1) is 0 Å². The Kier molecular flexibility index (Phi) is 5.60. The predicted octanol–water partition coefficient (Wildman–Crippen LogP) is 1.70. The van der Waals surface area contributed by atoms with E-state index in [0.717, 1.165) is 30.6 Å². The number of nitrogens with one attached hydrogen (secondary N) is 2. The molecule has 0 radical (unpaired) electrons. The first-order valence-electron chi connectivity index (χ1n) is 7.85. The number of urea groups is 1. The van der Waals surface area contributed by atoms with Gasteiger partial charge in [0.05, 0.1) is 12.6 Å². The minimum atomic E-state index is -0.136. The third kappa shape index (κ3) is 4.10. The first kappa shape index (κ1) is 16.5. The van der Waals surface area contributed by atoms with Crippen molar-refractivity contribution >= 4 is 6.03 Å². The average molecular weight is 307 g/mol. The molecule has 1 aromatic rings. The second-order valence-corrected chi connectivity index (χ2v) is 5.77. The highest BCUT2D eigenvalue weighted by atomic mass is 16.5. The van der Waals surface area contributed by atoms with Crippen LogP contribution in [0.4, 0.5) is 4.79 Å². The van der Waals surface area contributed by atoms with Gasteiger partial charge in [0.25, 0.3) is 5.56 Å². The van der Waals surface area contributed by atoms with Crippen molar-refractivity contribution in [3.05, 3.63) is 33.2 Å². The van der Waals surface area contributed by atoms with Gasteiger partial charge in [-0.3, -0.25) is 4.79 Å². The van der Waals surface area contributed by atoms with Gasteiger partial charge in [0.1, 0.15) is 0 Å². The SMILES string of the molecule is CCOC1CCCN(C(=O)NCc2c(C)cc(C)[nH]c2=O)C1. The second kappa shape index (κ2) is 7.45. The highest BCUT2D eigenvalue weighted by molar-refractivity contribution is 5.74. The number of hydrogen-bond donors (Lipinski definition) is 2. The fourth-order valence-corrected chi connectivity index (χ4v) is 2.87. The van der Waals surface area contributed by atoms with Gasteiger partial charge in [0.2, 0.25) is 0 Å². The van der Waals surface area contributed by atoms with E-state index in [-0.39, 0.29) is 24.2 Å². The Morgan fingerprint density at radius 2 is 2.27 bits per heavy atom. The maximum atomic E-state index is 12.3. The van der Waals surface area contributed by atoms with Crippen LogP contribution in [0.5, 0.6) is 0 Å². The number of aromatic nitrogens is 1. The molecule has 2 rings (SSSR count). The van der Waals surface area contributed by atoms with Crippen LogP contribution in [0, 0.1) is 13.8 Å². The number of aryl methyl sites for hydroxylation is 2. The molecule has 2 N–H and O–H groups in total. The molecule has 0 spiro atoms. The second-order valence-electron chi connectivity index (χ2n) is 5.77. The average Bonchev–Trinajstić information content (AvgIpc) is 2.46. The third-order valence-electron chi connectivity index (χ3n) is 3.98. The third-order valence-corrected chi connectivity index (χ3v) is 3.98. The quantitative estimate of drug-likeness (QED) is 0.889. The zero-order valence-electron chi connectivity index (χ0n) is 13.6. The van der Waals surface area contributed by atoms with Crippen molar-refractivity contribution in [2.75, 3.05) is 19.7 Å². The smallest absolute Gasteiger partial charge is 0.317 e. The molecule has 1 fully saturated rings. The largest absolute Gasteiger partial charge is 0.377 e. The van der Waals surface area contributed by atoms with E-state index in [1.165, 1.54) is 0 Å². The number of aromatic amines is 1. The molecule has 0 saturated carbocycles. The van der Waals surface area contributed by atoms with E-state index in [0.29, 0.717) is 18.7 Å². The lowest BCUT2D eigenvalue weighted by Gasteiger charge is -2.32. The van der Waals surface area contributed by atoms with Gasteiger partial charge in [-0.05, 0) is 45.2 Å². The van der Waals surface area contributed by atoms with Crippen molar-refractivity contribution < 1.29 is 9.53 Å². The summed E-state index contributed by atoms with van der Waals surface area (Å²) in [5.74, 6) is 0. The van der Waals surface area contributed by atoms with Gasteiger partial charge in [0, 0.05) is 31.0 Å². The maximum absolute atomic E-state index is 12.3. The van der Waals surface area contributed by atoms with Crippen LogP contribution in [0.3, 0.4) is 0 Å². The number of pyridine rings is 1. The molecule has 1 saturated heterocycles. The first-order chi connectivity index (χ1) is 10.5. The molecule has 6 heteroatoms. The van der Waals surface area contributed by atoms with E-state index in [1.807, 2.05) is 26.8 Å². The zero-order chi connectivity index (χ0) is 16.1. The van der Waals surface area contributed by atoms with Crippen molar-refractivity contribution in [3.63, 3.8) is 0 Å². The number of nitrogens with zero attached hydrogens (tertiary/aromatic N) is 1. The zero-order valence-corrected chi connectivity index (χ0v) is 13.6. The van der Waals surface area contributed by atoms with Crippen molar-refractivity contribution in [1.82, 2.24) is 15.2 Å². The number of H-pyrrole nitrogens is 1. The van der Waals surface area contributed by atoms with E-state index in [2.05, 4.69) is 10.3 Å². The Morgan fingerprint density at radius 3 is 2.95 bits per heavy atom. The number of amides is 2. The van der Waals surface area contributed by atoms with E-state index in [4.69, 9.17) is 4.74 Å². The number of likely N-dealkylation sites (tertiary alicyclic amines) is 1. The molecule has 2 amide bonds. The van der Waals surface area contributed by atoms with Gasteiger partial charge < -0.3 is 19.9 Å². The lowest BCUT2D eigenvalue weighted by Crippen LogP contribution is -2.47. The van der Waals surface area contributed by atoms with Crippen LogP contribution in [-0.2, 0) is 11.3 Å². The molecule has 1 unspecified atom stereocenters. The molecule has 1 atom stereocenters. The lowest BCUT2D eigenvalue weighted by atomic mass is 10.1. The van der Waals surface area contributed by atoms with Crippen LogP contribution in [0.2, 0.25) is 0 Å². The Balaban J connectivity index is 1.94. The van der Waals surface area contributed by atoms with E-state index < -0.39 is 0 Å². The number of carbonyl (C=O) groups excluding carboxylic acids is 1. The Hall–Kier alpha value is -1.82. The van der Waals surface area contributed by atoms with Gasteiger partial charge in [0.15, 0.2) is 0 Å². The van der Waals surface area contributed by atoms with E-state index in [1.54, 1.807) is 4.90 Å². The van der Waals surface area contributed by atoms with Gasteiger partial charge in [-0.1, -0.05) is 0 Å². The molecule has 2 heterocycles. The predicted molar refractivity (Wildman–Crippen MR) is 85.0 cm³/mol. The fraction of sp³-hybridized carbons (Fsp3) is 0.625. The van der Waals surface area contributed by atoms with Gasteiger partial charge in [-0.2, -0.15) is 0 Å². The minimum Gasteiger partial charge on any atom is -0.377 e. The minimum absolute atomic E-state index is 0.119. The van der Waals surface area contributed by atoms with Crippen LogP contribution in [0.1, 0.15) is 36.6 Å².